The van der Waals surface area contributed by atoms with E-state index in [4.69, 9.17) is 18.3 Å². The topological polar surface area (TPSA) is 141 Å². The Labute approximate surface area is 292 Å². The number of aromatic hydroxyl groups is 2. The predicted molar refractivity (Wildman–Crippen MR) is 188 cm³/mol. The van der Waals surface area contributed by atoms with Crippen LogP contribution in [0.3, 0.4) is 0 Å². The SMILES string of the molecule is CCO[P+]1(COc2ccc(C[C@@H]3[C@H](O)[C@@H](O)[C@@H](Cc4ccccc4)N(Cc4ccc(O)cc4)C(=O)N3Cc3ccc(O)cc3)cc2)OC(C)O1. The summed E-state index contributed by atoms with van der Waals surface area (Å²) >= 11 is 0. The van der Waals surface area contributed by atoms with Gasteiger partial charge in [0.15, 0.2) is 0 Å². The van der Waals surface area contributed by atoms with Crippen molar-refractivity contribution in [1.29, 1.82) is 0 Å². The molecule has 0 spiro atoms. The number of benzene rings is 4. The lowest BCUT2D eigenvalue weighted by molar-refractivity contribution is -0.109. The highest BCUT2D eigenvalue weighted by Gasteiger charge is 2.60. The summed E-state index contributed by atoms with van der Waals surface area (Å²) in [6.45, 7) is 4.38. The first kappa shape index (κ1) is 35.6. The number of hydrogen-bond donors (Lipinski definition) is 4. The highest BCUT2D eigenvalue weighted by molar-refractivity contribution is 7.62. The number of carbonyl (C=O) groups is 1. The Bertz CT molecular complexity index is 1680. The fraction of sp³-hybridized carbons (Fsp3) is 0.342. The number of phenolic OH excluding ortho intramolecular Hbond substituents is 2. The summed E-state index contributed by atoms with van der Waals surface area (Å²) in [5, 5.41) is 43.8. The third-order valence-electron chi connectivity index (χ3n) is 9.00. The molecule has 264 valence electrons. The van der Waals surface area contributed by atoms with Gasteiger partial charge in [0, 0.05) is 13.1 Å². The largest absolute Gasteiger partial charge is 0.508 e. The van der Waals surface area contributed by atoms with Gasteiger partial charge in [0.05, 0.1) is 18.7 Å². The van der Waals surface area contributed by atoms with Crippen LogP contribution in [0.25, 0.3) is 0 Å². The quantitative estimate of drug-likeness (QED) is 0.123. The molecule has 6 rings (SSSR count). The highest BCUT2D eigenvalue weighted by Crippen LogP contribution is 2.70. The second-order valence-corrected chi connectivity index (χ2v) is 14.8. The molecule has 4 aromatic rings. The number of amides is 2. The van der Waals surface area contributed by atoms with E-state index in [0.717, 1.165) is 22.3 Å². The van der Waals surface area contributed by atoms with E-state index in [1.54, 1.807) is 65.3 Å². The van der Waals surface area contributed by atoms with E-state index >= 15 is 0 Å². The van der Waals surface area contributed by atoms with Crippen LogP contribution in [0.15, 0.2) is 103 Å². The predicted octanol–water partition coefficient (Wildman–Crippen LogP) is 6.01. The Morgan fingerprint density at radius 2 is 1.14 bits per heavy atom. The first-order valence-corrected chi connectivity index (χ1v) is 18.5. The maximum absolute atomic E-state index is 14.8. The molecule has 0 bridgehead atoms. The van der Waals surface area contributed by atoms with Gasteiger partial charge in [-0.3, -0.25) is 0 Å². The van der Waals surface area contributed by atoms with Crippen molar-refractivity contribution in [2.45, 2.75) is 70.4 Å². The fourth-order valence-electron chi connectivity index (χ4n) is 6.49. The summed E-state index contributed by atoms with van der Waals surface area (Å²) in [5.41, 5.74) is 3.24. The highest BCUT2D eigenvalue weighted by atomic mass is 31.2. The maximum Gasteiger partial charge on any atom is 0.457 e. The molecule has 2 fully saturated rings. The van der Waals surface area contributed by atoms with Crippen LogP contribution in [0, 0.1) is 0 Å². The third kappa shape index (κ3) is 8.38. The van der Waals surface area contributed by atoms with E-state index in [-0.39, 0.29) is 49.7 Å². The monoisotopic (exact) mass is 703 g/mol. The minimum Gasteiger partial charge on any atom is -0.508 e. The first-order valence-electron chi connectivity index (χ1n) is 16.8. The number of nitrogens with zero attached hydrogens (tertiary/aromatic N) is 2. The summed E-state index contributed by atoms with van der Waals surface area (Å²) in [7, 11) is -2.53. The molecule has 0 unspecified atom stereocenters. The maximum atomic E-state index is 14.8. The fourth-order valence-corrected chi connectivity index (χ4v) is 8.43. The van der Waals surface area contributed by atoms with Crippen molar-refractivity contribution in [1.82, 2.24) is 9.80 Å². The molecule has 2 amide bonds. The summed E-state index contributed by atoms with van der Waals surface area (Å²) in [5.74, 6) is 0.787. The molecular formula is C38H44N2O9P+. The minimum atomic E-state index is -2.53. The van der Waals surface area contributed by atoms with Crippen molar-refractivity contribution < 1.29 is 43.5 Å². The van der Waals surface area contributed by atoms with E-state index in [9.17, 15) is 25.2 Å². The number of aliphatic hydroxyl groups is 2. The van der Waals surface area contributed by atoms with Crippen LogP contribution in [0.2, 0.25) is 0 Å². The average Bonchev–Trinajstić information content (AvgIpc) is 3.16. The van der Waals surface area contributed by atoms with Crippen LogP contribution in [0.4, 0.5) is 4.79 Å². The van der Waals surface area contributed by atoms with Crippen molar-refractivity contribution >= 4 is 14.0 Å². The van der Waals surface area contributed by atoms with Crippen LogP contribution in [-0.4, -0.2) is 79.8 Å². The number of phenols is 2. The summed E-state index contributed by atoms with van der Waals surface area (Å²) in [4.78, 5) is 18.0. The number of carbonyl (C=O) groups excluding carboxylic acids is 1. The van der Waals surface area contributed by atoms with E-state index in [1.165, 1.54) is 0 Å². The van der Waals surface area contributed by atoms with Gasteiger partial charge in [-0.15, -0.1) is 9.05 Å². The van der Waals surface area contributed by atoms with Gasteiger partial charge < -0.3 is 35.0 Å². The molecule has 2 heterocycles. The van der Waals surface area contributed by atoms with Crippen LogP contribution in [-0.2, 0) is 39.5 Å². The second-order valence-electron chi connectivity index (χ2n) is 12.6. The molecule has 4 aromatic carbocycles. The number of hydrogen-bond acceptors (Lipinski definition) is 9. The number of ether oxygens (including phenoxy) is 1. The van der Waals surface area contributed by atoms with Gasteiger partial charge in [-0.2, -0.15) is 4.52 Å². The lowest BCUT2D eigenvalue weighted by Gasteiger charge is -2.36. The van der Waals surface area contributed by atoms with Crippen LogP contribution >= 0.6 is 7.94 Å². The van der Waals surface area contributed by atoms with Crippen LogP contribution in [0.1, 0.15) is 36.1 Å². The molecule has 0 radical (unpaired) electrons. The molecule has 0 aromatic heterocycles. The smallest absolute Gasteiger partial charge is 0.457 e. The molecule has 11 nitrogen and oxygen atoms in total. The molecule has 4 N–H and O–H groups in total. The standard InChI is InChI=1S/C38H43N2O9P/c1-3-47-50(48-26(2)49-50)25-46-33-19-13-28(14-20-33)22-35-37(44)36(43)34(21-27-7-5-4-6-8-27)39(23-29-9-15-31(41)16-10-29)38(45)40(35)24-30-11-17-32(42)18-12-30/h4-20,26,34-37,43-44H,3,21-25H2,1-2H3,(H-,41,42)/p+1/t26?,34-,35-,36+,37+,50?/m1/s1. The number of rotatable bonds is 13. The average molecular weight is 704 g/mol. The van der Waals surface area contributed by atoms with Crippen LogP contribution in [0.5, 0.6) is 17.2 Å². The normalized spacial score (nSPS) is 25.2. The van der Waals surface area contributed by atoms with Gasteiger partial charge in [0.25, 0.3) is 12.6 Å². The van der Waals surface area contributed by atoms with Gasteiger partial charge in [-0.1, -0.05) is 66.7 Å². The van der Waals surface area contributed by atoms with Gasteiger partial charge >= 0.3 is 14.0 Å². The molecular weight excluding hydrogens is 659 g/mol. The Morgan fingerprint density at radius 1 is 0.680 bits per heavy atom. The molecule has 2 aliphatic heterocycles. The number of aliphatic hydroxyl groups excluding tert-OH is 2. The van der Waals surface area contributed by atoms with E-state index in [0.29, 0.717) is 18.8 Å². The van der Waals surface area contributed by atoms with Crippen molar-refractivity contribution in [3.8, 4) is 17.2 Å². The van der Waals surface area contributed by atoms with Crippen molar-refractivity contribution in [2.24, 2.45) is 0 Å². The molecule has 0 saturated carbocycles. The molecule has 50 heavy (non-hydrogen) atoms. The zero-order chi connectivity index (χ0) is 35.3. The summed E-state index contributed by atoms with van der Waals surface area (Å²) in [6.07, 6.45) is -2.24. The lowest BCUT2D eigenvalue weighted by Crippen LogP contribution is -2.50. The van der Waals surface area contributed by atoms with Gasteiger partial charge in [0.1, 0.15) is 29.5 Å². The van der Waals surface area contributed by atoms with Crippen LogP contribution < -0.4 is 4.74 Å². The van der Waals surface area contributed by atoms with E-state index in [1.807, 2.05) is 61.5 Å². The second kappa shape index (κ2) is 15.8. The Morgan fingerprint density at radius 3 is 1.60 bits per heavy atom. The van der Waals surface area contributed by atoms with E-state index in [2.05, 4.69) is 0 Å². The first-order chi connectivity index (χ1) is 24.1. The molecule has 4 atom stereocenters. The summed E-state index contributed by atoms with van der Waals surface area (Å²) < 4.78 is 23.2. The Kier molecular flexibility index (Phi) is 11.2. The summed E-state index contributed by atoms with van der Waals surface area (Å²) in [6, 6.07) is 28.2. The zero-order valence-electron chi connectivity index (χ0n) is 28.1. The van der Waals surface area contributed by atoms with Gasteiger partial charge in [0.2, 0.25) is 0 Å². The van der Waals surface area contributed by atoms with Crippen molar-refractivity contribution in [3.63, 3.8) is 0 Å². The lowest BCUT2D eigenvalue weighted by atomic mass is 9.91. The number of urea groups is 1. The Balaban J connectivity index is 1.30. The molecule has 2 aliphatic rings. The van der Waals surface area contributed by atoms with Gasteiger partial charge in [-0.25, -0.2) is 4.79 Å². The van der Waals surface area contributed by atoms with Crippen molar-refractivity contribution in [2.75, 3.05) is 13.0 Å². The van der Waals surface area contributed by atoms with Gasteiger partial charge in [-0.05, 0) is 85.3 Å². The molecule has 2 saturated heterocycles. The van der Waals surface area contributed by atoms with Crippen molar-refractivity contribution in [3.05, 3.63) is 125 Å². The molecule has 12 heteroatoms. The van der Waals surface area contributed by atoms with E-state index < -0.39 is 32.2 Å². The Hall–Kier alpha value is -4.22. The minimum absolute atomic E-state index is 0.0985. The zero-order valence-corrected chi connectivity index (χ0v) is 29.0. The third-order valence-corrected chi connectivity index (χ3v) is 11.3. The molecule has 0 aliphatic carbocycles.